The lowest BCUT2D eigenvalue weighted by atomic mass is 10.2. The molecule has 0 bridgehead atoms. The van der Waals surface area contributed by atoms with Crippen molar-refractivity contribution in [2.24, 2.45) is 0 Å². The number of carbonyl (C=O) groups is 2. The Morgan fingerprint density at radius 1 is 1.50 bits per heavy atom. The topological polar surface area (TPSA) is 87.7 Å². The maximum atomic E-state index is 10.8. The van der Waals surface area contributed by atoms with Crippen LogP contribution < -0.4 is 10.8 Å². The van der Waals surface area contributed by atoms with Gasteiger partial charge in [0.05, 0.1) is 6.61 Å². The van der Waals surface area contributed by atoms with Crippen LogP contribution in [0.5, 0.6) is 0 Å². The summed E-state index contributed by atoms with van der Waals surface area (Å²) in [6.07, 6.45) is 3.90. The molecular formula is C10H20N2O4. The van der Waals surface area contributed by atoms with E-state index in [0.717, 1.165) is 19.3 Å². The molecule has 6 heteroatoms. The number of hydrogen-bond donors (Lipinski definition) is 3. The summed E-state index contributed by atoms with van der Waals surface area (Å²) in [7, 11) is 0. The first-order valence-electron chi connectivity index (χ1n) is 5.49. The van der Waals surface area contributed by atoms with Gasteiger partial charge in [0.1, 0.15) is 6.04 Å². The minimum absolute atomic E-state index is 0.294. The summed E-state index contributed by atoms with van der Waals surface area (Å²) in [6.45, 7) is 2.89. The number of carbonyl (C=O) groups excluding carboxylic acids is 1. The molecule has 0 saturated carbocycles. The van der Waals surface area contributed by atoms with Gasteiger partial charge in [-0.25, -0.2) is 0 Å². The summed E-state index contributed by atoms with van der Waals surface area (Å²) >= 11 is 0. The van der Waals surface area contributed by atoms with Crippen molar-refractivity contribution in [2.75, 3.05) is 13.2 Å². The molecule has 0 aliphatic rings. The first kappa shape index (κ1) is 14.9. The first-order chi connectivity index (χ1) is 7.72. The molecular weight excluding hydrogens is 212 g/mol. The van der Waals surface area contributed by atoms with Gasteiger partial charge in [0.25, 0.3) is 0 Å². The van der Waals surface area contributed by atoms with Gasteiger partial charge in [0, 0.05) is 6.54 Å². The highest BCUT2D eigenvalue weighted by molar-refractivity contribution is 5.73. The van der Waals surface area contributed by atoms with E-state index in [1.807, 2.05) is 0 Å². The van der Waals surface area contributed by atoms with Crippen LogP contribution in [0.25, 0.3) is 0 Å². The number of rotatable bonds is 11. The molecule has 0 radical (unpaired) electrons. The summed E-state index contributed by atoms with van der Waals surface area (Å²) in [5, 5.41) is 11.2. The molecule has 3 N–H and O–H groups in total. The summed E-state index contributed by atoms with van der Waals surface area (Å²) in [6, 6.07) is -0.783. The number of aliphatic carboxylic acids is 1. The minimum atomic E-state index is -0.983. The van der Waals surface area contributed by atoms with Gasteiger partial charge in [-0.1, -0.05) is 19.8 Å². The molecule has 0 aromatic rings. The molecule has 0 aromatic carbocycles. The number of hydroxylamine groups is 1. The number of amides is 1. The molecule has 1 unspecified atom stereocenters. The van der Waals surface area contributed by atoms with E-state index in [-0.39, 0.29) is 0 Å². The van der Waals surface area contributed by atoms with Crippen molar-refractivity contribution in [3.63, 3.8) is 0 Å². The Kier molecular flexibility index (Phi) is 9.64. The summed E-state index contributed by atoms with van der Waals surface area (Å²) in [5.41, 5.74) is 2.48. The fourth-order valence-corrected chi connectivity index (χ4v) is 1.10. The van der Waals surface area contributed by atoms with Crippen molar-refractivity contribution in [3.05, 3.63) is 0 Å². The number of carboxylic acid groups (broad SMARTS) is 1. The molecule has 0 rings (SSSR count). The van der Waals surface area contributed by atoms with E-state index in [9.17, 15) is 9.59 Å². The quantitative estimate of drug-likeness (QED) is 0.271. The van der Waals surface area contributed by atoms with Crippen LogP contribution in [0.15, 0.2) is 0 Å². The number of unbranched alkanes of at least 4 members (excludes halogenated alkanes) is 2. The largest absolute Gasteiger partial charge is 0.480 e. The van der Waals surface area contributed by atoms with Gasteiger partial charge in [-0.05, 0) is 12.8 Å². The van der Waals surface area contributed by atoms with Crippen LogP contribution in [-0.2, 0) is 14.4 Å². The molecule has 6 nitrogen and oxygen atoms in total. The maximum absolute atomic E-state index is 10.8. The Labute approximate surface area is 95.3 Å². The van der Waals surface area contributed by atoms with Crippen LogP contribution in [0.3, 0.4) is 0 Å². The second-order valence-corrected chi connectivity index (χ2v) is 3.42. The normalized spacial score (nSPS) is 12.1. The molecule has 0 fully saturated rings. The lowest BCUT2D eigenvalue weighted by Gasteiger charge is -2.13. The number of carboxylic acids is 1. The fourth-order valence-electron chi connectivity index (χ4n) is 1.10. The molecule has 0 saturated heterocycles. The standard InChI is InChI=1S/C10H20N2O4/c1-2-3-4-7-16-12-9(10(14)15)5-6-11-8-13/h8-9,12H,2-7H2,1H3,(H,11,13)(H,14,15). The van der Waals surface area contributed by atoms with E-state index in [2.05, 4.69) is 17.7 Å². The lowest BCUT2D eigenvalue weighted by Crippen LogP contribution is -2.39. The van der Waals surface area contributed by atoms with Gasteiger partial charge in [-0.15, -0.1) is 0 Å². The molecule has 1 atom stereocenters. The summed E-state index contributed by atoms with van der Waals surface area (Å²) in [4.78, 5) is 25.8. The molecule has 94 valence electrons. The Morgan fingerprint density at radius 3 is 2.81 bits per heavy atom. The van der Waals surface area contributed by atoms with Crippen LogP contribution in [0, 0.1) is 0 Å². The van der Waals surface area contributed by atoms with Crippen LogP contribution in [0.2, 0.25) is 0 Å². The predicted octanol–water partition coefficient (Wildman–Crippen LogP) is 0.287. The highest BCUT2D eigenvalue weighted by Gasteiger charge is 2.16. The van der Waals surface area contributed by atoms with Crippen molar-refractivity contribution in [2.45, 2.75) is 38.6 Å². The third-order valence-electron chi connectivity index (χ3n) is 2.03. The Balaban J connectivity index is 3.60. The van der Waals surface area contributed by atoms with Gasteiger partial charge >= 0.3 is 5.97 Å². The summed E-state index contributed by atoms with van der Waals surface area (Å²) in [5.74, 6) is -0.983. The maximum Gasteiger partial charge on any atom is 0.323 e. The smallest absolute Gasteiger partial charge is 0.323 e. The van der Waals surface area contributed by atoms with E-state index in [1.165, 1.54) is 0 Å². The third-order valence-corrected chi connectivity index (χ3v) is 2.03. The van der Waals surface area contributed by atoms with Gasteiger partial charge < -0.3 is 15.3 Å². The van der Waals surface area contributed by atoms with Crippen molar-refractivity contribution in [1.82, 2.24) is 10.8 Å². The van der Waals surface area contributed by atoms with Gasteiger partial charge in [-0.3, -0.25) is 9.59 Å². The zero-order valence-electron chi connectivity index (χ0n) is 9.57. The minimum Gasteiger partial charge on any atom is -0.480 e. The first-order valence-corrected chi connectivity index (χ1v) is 5.49. The zero-order valence-corrected chi connectivity index (χ0v) is 9.57. The predicted molar refractivity (Wildman–Crippen MR) is 58.7 cm³/mol. The Bertz CT molecular complexity index is 199. The van der Waals surface area contributed by atoms with Gasteiger partial charge in [0.2, 0.25) is 6.41 Å². The van der Waals surface area contributed by atoms with Gasteiger partial charge in [0.15, 0.2) is 0 Å². The number of hydrogen-bond acceptors (Lipinski definition) is 4. The van der Waals surface area contributed by atoms with E-state index >= 15 is 0 Å². The van der Waals surface area contributed by atoms with E-state index in [4.69, 9.17) is 9.94 Å². The monoisotopic (exact) mass is 232 g/mol. The third kappa shape index (κ3) is 8.19. The Hall–Kier alpha value is -1.14. The SMILES string of the molecule is CCCCCONC(CCNC=O)C(=O)O. The van der Waals surface area contributed by atoms with Gasteiger partial charge in [-0.2, -0.15) is 5.48 Å². The molecule has 0 aliphatic carbocycles. The zero-order chi connectivity index (χ0) is 12.2. The van der Waals surface area contributed by atoms with Crippen molar-refractivity contribution in [1.29, 1.82) is 0 Å². The molecule has 0 aliphatic heterocycles. The van der Waals surface area contributed by atoms with E-state index in [0.29, 0.717) is 26.0 Å². The average Bonchev–Trinajstić information content (AvgIpc) is 2.26. The average molecular weight is 232 g/mol. The van der Waals surface area contributed by atoms with Crippen molar-refractivity contribution >= 4 is 12.4 Å². The lowest BCUT2D eigenvalue weighted by molar-refractivity contribution is -0.144. The number of nitrogens with one attached hydrogen (secondary N) is 2. The molecule has 0 aromatic heterocycles. The van der Waals surface area contributed by atoms with Crippen molar-refractivity contribution < 1.29 is 19.5 Å². The van der Waals surface area contributed by atoms with Crippen LogP contribution in [0.4, 0.5) is 0 Å². The van der Waals surface area contributed by atoms with Crippen LogP contribution in [0.1, 0.15) is 32.6 Å². The molecule has 1 amide bonds. The fraction of sp³-hybridized carbons (Fsp3) is 0.800. The van der Waals surface area contributed by atoms with E-state index in [1.54, 1.807) is 0 Å². The molecule has 0 spiro atoms. The molecule has 16 heavy (non-hydrogen) atoms. The second kappa shape index (κ2) is 10.4. The highest BCUT2D eigenvalue weighted by Crippen LogP contribution is 1.95. The Morgan fingerprint density at radius 2 is 2.25 bits per heavy atom. The van der Waals surface area contributed by atoms with Crippen LogP contribution >= 0.6 is 0 Å². The summed E-state index contributed by atoms with van der Waals surface area (Å²) < 4.78 is 0. The highest BCUT2D eigenvalue weighted by atomic mass is 16.6. The second-order valence-electron chi connectivity index (χ2n) is 3.42. The molecule has 0 heterocycles. The van der Waals surface area contributed by atoms with E-state index < -0.39 is 12.0 Å². The van der Waals surface area contributed by atoms with Crippen LogP contribution in [-0.4, -0.2) is 36.7 Å². The van der Waals surface area contributed by atoms with Crippen molar-refractivity contribution in [3.8, 4) is 0 Å².